The van der Waals surface area contributed by atoms with Crippen LogP contribution in [0.15, 0.2) is 0 Å². The molecule has 15 heavy (non-hydrogen) atoms. The van der Waals surface area contributed by atoms with Crippen LogP contribution in [-0.4, -0.2) is 55.0 Å². The molecule has 0 radical (unpaired) electrons. The van der Waals surface area contributed by atoms with Crippen LogP contribution in [0.2, 0.25) is 0 Å². The zero-order valence-corrected chi connectivity index (χ0v) is 9.78. The van der Waals surface area contributed by atoms with E-state index in [1.807, 2.05) is 0 Å². The van der Waals surface area contributed by atoms with Crippen LogP contribution < -0.4 is 0 Å². The summed E-state index contributed by atoms with van der Waals surface area (Å²) in [4.78, 5) is 24.2. The number of aliphatic hydroxyl groups excluding tert-OH is 3. The largest absolute Gasteiger partial charge is 0.389 e. The van der Waals surface area contributed by atoms with Gasteiger partial charge in [-0.1, -0.05) is 6.92 Å². The molecule has 9 heteroatoms. The van der Waals surface area contributed by atoms with Crippen LogP contribution in [0.5, 0.6) is 0 Å². The first-order valence-corrected chi connectivity index (χ1v) is 5.65. The van der Waals surface area contributed by atoms with Gasteiger partial charge in [0, 0.05) is 5.25 Å². The molecule has 0 heterocycles. The predicted molar refractivity (Wildman–Crippen MR) is 56.0 cm³/mol. The lowest BCUT2D eigenvalue weighted by Crippen LogP contribution is -2.42. The van der Waals surface area contributed by atoms with Crippen molar-refractivity contribution in [3.8, 4) is 0 Å². The number of rotatable bonds is 4. The van der Waals surface area contributed by atoms with E-state index in [0.29, 0.717) is 0 Å². The lowest BCUT2D eigenvalue weighted by atomic mass is 10.1. The maximum absolute atomic E-state index is 9.93. The highest BCUT2D eigenvalue weighted by Crippen LogP contribution is 2.07. The molecule has 0 amide bonds. The van der Waals surface area contributed by atoms with Crippen molar-refractivity contribution in [1.29, 1.82) is 0 Å². The van der Waals surface area contributed by atoms with Gasteiger partial charge in [-0.2, -0.15) is 12.6 Å². The van der Waals surface area contributed by atoms with Crippen molar-refractivity contribution in [3.63, 3.8) is 0 Å². The Bertz CT molecular complexity index is 196. The highest BCUT2D eigenvalue weighted by molar-refractivity contribution is 7.81. The maximum Gasteiger partial charge on any atom is 0.314 e. The van der Waals surface area contributed by atoms with Gasteiger partial charge in [0.05, 0.1) is 6.10 Å². The Balaban J connectivity index is 0. The molecule has 92 valence electrons. The predicted octanol–water partition coefficient (Wildman–Crippen LogP) is -2.05. The Morgan fingerprint density at radius 3 is 1.73 bits per heavy atom. The third-order valence-electron chi connectivity index (χ3n) is 1.33. The summed E-state index contributed by atoms with van der Waals surface area (Å²) in [5.41, 5.74) is 0. The van der Waals surface area contributed by atoms with Crippen molar-refractivity contribution < 1.29 is 34.5 Å². The van der Waals surface area contributed by atoms with Gasteiger partial charge in [-0.3, -0.25) is 4.57 Å². The number of thiol groups is 1. The molecule has 0 fully saturated rings. The number of aliphatic hydroxyl groups is 3. The summed E-state index contributed by atoms with van der Waals surface area (Å²) >= 11 is 3.83. The summed E-state index contributed by atoms with van der Waals surface area (Å²) in [5, 5.41) is 26.3. The van der Waals surface area contributed by atoms with Crippen molar-refractivity contribution >= 4 is 27.2 Å². The monoisotopic (exact) mass is 262 g/mol. The molecule has 4 atom stereocenters. The van der Waals surface area contributed by atoms with Crippen molar-refractivity contribution in [2.24, 2.45) is 0 Å². The molecular weight excluding hydrogens is 247 g/mol. The maximum atomic E-state index is 9.93. The fourth-order valence-corrected chi connectivity index (χ4v) is 0.744. The van der Waals surface area contributed by atoms with Gasteiger partial charge in [0.25, 0.3) is 0 Å². The Morgan fingerprint density at radius 2 is 1.53 bits per heavy atom. The van der Waals surface area contributed by atoms with E-state index in [0.717, 1.165) is 0 Å². The zero-order chi connectivity index (χ0) is 12.6. The molecule has 0 spiro atoms. The second-order valence-electron chi connectivity index (χ2n) is 2.63. The molecule has 0 aromatic carbocycles. The second-order valence-corrected chi connectivity index (χ2v) is 4.01. The third-order valence-corrected chi connectivity index (χ3v) is 1.64. The molecule has 7 nitrogen and oxygen atoms in total. The number of carbonyl (C=O) groups excluding carboxylic acids is 1. The fourth-order valence-electron chi connectivity index (χ4n) is 0.568. The molecule has 0 aliphatic carbocycles. The molecule has 4 unspecified atom stereocenters. The molecular formula is C6H15O7PS. The zero-order valence-electron chi connectivity index (χ0n) is 7.89. The van der Waals surface area contributed by atoms with Gasteiger partial charge in [0.15, 0.2) is 6.29 Å². The van der Waals surface area contributed by atoms with E-state index in [1.165, 1.54) is 0 Å². The Hall–Kier alpha value is 0.0500. The van der Waals surface area contributed by atoms with Gasteiger partial charge in [-0.05, 0) is 0 Å². The standard InChI is InChI=1S/C6H12O4S.H3O3P/c1-3(11)5(9)6(10)4(8)2-7;1-4(2)3/h2-6,8-11H,1H3;4H,(H2,1,2,3). The van der Waals surface area contributed by atoms with Crippen molar-refractivity contribution in [3.05, 3.63) is 0 Å². The van der Waals surface area contributed by atoms with Crippen LogP contribution >= 0.6 is 20.9 Å². The van der Waals surface area contributed by atoms with Crippen LogP contribution in [0.3, 0.4) is 0 Å². The normalized spacial score (nSPS) is 18.4. The smallest absolute Gasteiger partial charge is 0.314 e. The Morgan fingerprint density at radius 1 is 1.20 bits per heavy atom. The van der Waals surface area contributed by atoms with Crippen molar-refractivity contribution in [1.82, 2.24) is 0 Å². The highest BCUT2D eigenvalue weighted by Gasteiger charge is 2.26. The minimum Gasteiger partial charge on any atom is -0.389 e. The first kappa shape index (κ1) is 17.4. The molecule has 0 bridgehead atoms. The number of aldehydes is 1. The van der Waals surface area contributed by atoms with E-state index in [1.54, 1.807) is 6.92 Å². The summed E-state index contributed by atoms with van der Waals surface area (Å²) in [7, 11) is -3.13. The van der Waals surface area contributed by atoms with Gasteiger partial charge >= 0.3 is 8.25 Å². The average Bonchev–Trinajstić information content (AvgIpc) is 2.13. The van der Waals surface area contributed by atoms with Crippen LogP contribution in [0, 0.1) is 0 Å². The topological polar surface area (TPSA) is 135 Å². The van der Waals surface area contributed by atoms with Crippen LogP contribution in [0.4, 0.5) is 0 Å². The van der Waals surface area contributed by atoms with E-state index >= 15 is 0 Å². The lowest BCUT2D eigenvalue weighted by molar-refractivity contribution is -0.125. The van der Waals surface area contributed by atoms with E-state index in [-0.39, 0.29) is 6.29 Å². The quantitative estimate of drug-likeness (QED) is 0.195. The summed E-state index contributed by atoms with van der Waals surface area (Å²) in [6.45, 7) is 1.55. The van der Waals surface area contributed by atoms with Gasteiger partial charge in [-0.15, -0.1) is 0 Å². The van der Waals surface area contributed by atoms with E-state index in [4.69, 9.17) is 29.7 Å². The molecule has 0 saturated carbocycles. The van der Waals surface area contributed by atoms with Crippen LogP contribution in [0.25, 0.3) is 0 Å². The van der Waals surface area contributed by atoms with Gasteiger partial charge in [0.1, 0.15) is 12.2 Å². The summed E-state index contributed by atoms with van der Waals surface area (Å²) in [6.07, 6.45) is -4.03. The molecule has 0 rings (SSSR count). The fraction of sp³-hybridized carbons (Fsp3) is 0.833. The minimum atomic E-state index is -3.13. The van der Waals surface area contributed by atoms with E-state index < -0.39 is 31.8 Å². The SMILES string of the molecule is CC(S)C(O)C(O)C(O)C=O.O=[PH](O)O. The summed E-state index contributed by atoms with van der Waals surface area (Å²) in [6, 6.07) is 0. The number of hydrogen-bond donors (Lipinski definition) is 6. The summed E-state index contributed by atoms with van der Waals surface area (Å²) < 4.78 is 8.74. The Labute approximate surface area is 92.7 Å². The number of carbonyl (C=O) groups is 1. The molecule has 0 saturated heterocycles. The van der Waals surface area contributed by atoms with E-state index in [9.17, 15) is 4.79 Å². The van der Waals surface area contributed by atoms with Gasteiger partial charge < -0.3 is 29.9 Å². The molecule has 0 aliphatic rings. The van der Waals surface area contributed by atoms with Crippen LogP contribution in [0.1, 0.15) is 6.92 Å². The molecule has 0 aromatic heterocycles. The highest BCUT2D eigenvalue weighted by atomic mass is 32.1. The molecule has 0 aliphatic heterocycles. The first-order chi connectivity index (χ1) is 6.73. The summed E-state index contributed by atoms with van der Waals surface area (Å²) in [5.74, 6) is 0. The van der Waals surface area contributed by atoms with Gasteiger partial charge in [-0.25, -0.2) is 0 Å². The minimum absolute atomic E-state index is 0.171. The van der Waals surface area contributed by atoms with Gasteiger partial charge in [0.2, 0.25) is 0 Å². The number of hydrogen-bond acceptors (Lipinski definition) is 6. The average molecular weight is 262 g/mol. The lowest BCUT2D eigenvalue weighted by Gasteiger charge is -2.21. The first-order valence-electron chi connectivity index (χ1n) is 3.83. The van der Waals surface area contributed by atoms with Crippen LogP contribution in [-0.2, 0) is 9.36 Å². The van der Waals surface area contributed by atoms with E-state index in [2.05, 4.69) is 12.6 Å². The third kappa shape index (κ3) is 10.3. The molecule has 5 N–H and O–H groups in total. The second kappa shape index (κ2) is 9.29. The van der Waals surface area contributed by atoms with Crippen molar-refractivity contribution in [2.75, 3.05) is 0 Å². The Kier molecular flexibility index (Phi) is 10.8. The van der Waals surface area contributed by atoms with Crippen molar-refractivity contribution in [2.45, 2.75) is 30.5 Å². The molecule has 0 aromatic rings.